The smallest absolute Gasteiger partial charge is 0.303 e. The number of hydrogen-bond acceptors (Lipinski definition) is 2. The summed E-state index contributed by atoms with van der Waals surface area (Å²) in [6.07, 6.45) is 2.49. The average Bonchev–Trinajstić information content (AvgIpc) is 3.09. The molecule has 0 amide bonds. The predicted molar refractivity (Wildman–Crippen MR) is 73.1 cm³/mol. The normalized spacial score (nSPS) is 16.4. The van der Waals surface area contributed by atoms with Crippen LogP contribution in [0.15, 0.2) is 16.6 Å². The summed E-state index contributed by atoms with van der Waals surface area (Å²) in [5.41, 5.74) is 2.14. The molecule has 98 valence electrons. The van der Waals surface area contributed by atoms with Gasteiger partial charge in [-0.25, -0.2) is 0 Å². The van der Waals surface area contributed by atoms with Gasteiger partial charge in [0.05, 0.1) is 18.0 Å². The summed E-state index contributed by atoms with van der Waals surface area (Å²) in [6.45, 7) is 1.98. The first-order valence-electron chi connectivity index (χ1n) is 6.08. The zero-order chi connectivity index (χ0) is 13.3. The summed E-state index contributed by atoms with van der Waals surface area (Å²) >= 11 is 3.49. The summed E-state index contributed by atoms with van der Waals surface area (Å²) < 4.78 is 6.20. The number of carboxylic acid groups (broad SMARTS) is 1. The van der Waals surface area contributed by atoms with Crippen LogP contribution >= 0.6 is 15.9 Å². The second kappa shape index (κ2) is 5.31. The molecule has 1 aromatic rings. The molecule has 0 saturated heterocycles. The van der Waals surface area contributed by atoms with Crippen molar-refractivity contribution in [2.24, 2.45) is 5.92 Å². The van der Waals surface area contributed by atoms with Crippen LogP contribution in [0, 0.1) is 12.8 Å². The maximum Gasteiger partial charge on any atom is 0.303 e. The third-order valence-corrected chi connectivity index (χ3v) is 4.06. The van der Waals surface area contributed by atoms with Gasteiger partial charge in [-0.3, -0.25) is 4.79 Å². The Hall–Kier alpha value is -1.03. The fourth-order valence-electron chi connectivity index (χ4n) is 2.47. The first kappa shape index (κ1) is 13.4. The van der Waals surface area contributed by atoms with Crippen molar-refractivity contribution in [3.05, 3.63) is 27.7 Å². The molecule has 0 aromatic heterocycles. The maximum absolute atomic E-state index is 11.0. The van der Waals surface area contributed by atoms with E-state index in [9.17, 15) is 4.79 Å². The molecule has 3 nitrogen and oxygen atoms in total. The minimum absolute atomic E-state index is 0.128. The first-order chi connectivity index (χ1) is 8.52. The number of carbonyl (C=O) groups is 1. The summed E-state index contributed by atoms with van der Waals surface area (Å²) in [7, 11) is 1.64. The topological polar surface area (TPSA) is 46.5 Å². The molecule has 4 heteroatoms. The highest BCUT2D eigenvalue weighted by Gasteiger charge is 2.34. The van der Waals surface area contributed by atoms with Gasteiger partial charge in [-0.15, -0.1) is 0 Å². The Morgan fingerprint density at radius 2 is 2.22 bits per heavy atom. The van der Waals surface area contributed by atoms with E-state index in [0.717, 1.165) is 34.2 Å². The van der Waals surface area contributed by atoms with Gasteiger partial charge in [0, 0.05) is 0 Å². The van der Waals surface area contributed by atoms with Gasteiger partial charge in [0.2, 0.25) is 0 Å². The number of aryl methyl sites for hydroxylation is 1. The molecule has 2 rings (SSSR count). The van der Waals surface area contributed by atoms with Crippen molar-refractivity contribution in [3.8, 4) is 5.75 Å². The molecule has 1 atom stereocenters. The Morgan fingerprint density at radius 3 is 2.67 bits per heavy atom. The van der Waals surface area contributed by atoms with Crippen LogP contribution in [0.25, 0.3) is 0 Å². The molecule has 1 fully saturated rings. The number of halogens is 1. The van der Waals surface area contributed by atoms with Crippen molar-refractivity contribution in [1.29, 1.82) is 0 Å². The van der Waals surface area contributed by atoms with Crippen LogP contribution in [0.2, 0.25) is 0 Å². The van der Waals surface area contributed by atoms with Crippen molar-refractivity contribution < 1.29 is 14.6 Å². The third kappa shape index (κ3) is 2.86. The standard InChI is InChI=1S/C14H17BrO3/c1-8-5-10(6-12(15)14(8)18-2)11(7-13(16)17)9-3-4-9/h5-6,9,11H,3-4,7H2,1-2H3,(H,16,17). The average molecular weight is 313 g/mol. The summed E-state index contributed by atoms with van der Waals surface area (Å²) in [5.74, 6) is 0.754. The second-order valence-corrected chi connectivity index (χ2v) is 5.75. The lowest BCUT2D eigenvalue weighted by Crippen LogP contribution is -2.09. The molecule has 1 aromatic carbocycles. The van der Waals surface area contributed by atoms with E-state index in [-0.39, 0.29) is 12.3 Å². The number of hydrogen-bond donors (Lipinski definition) is 1. The van der Waals surface area contributed by atoms with Crippen LogP contribution in [0.5, 0.6) is 5.75 Å². The van der Waals surface area contributed by atoms with E-state index in [4.69, 9.17) is 9.84 Å². The highest BCUT2D eigenvalue weighted by molar-refractivity contribution is 9.10. The van der Waals surface area contributed by atoms with Crippen LogP contribution in [0.1, 0.15) is 36.3 Å². The lowest BCUT2D eigenvalue weighted by molar-refractivity contribution is -0.137. The van der Waals surface area contributed by atoms with E-state index in [1.807, 2.05) is 13.0 Å². The number of rotatable bonds is 5. The van der Waals surface area contributed by atoms with Gasteiger partial charge < -0.3 is 9.84 Å². The molecule has 0 radical (unpaired) electrons. The van der Waals surface area contributed by atoms with Gasteiger partial charge in [0.25, 0.3) is 0 Å². The quantitative estimate of drug-likeness (QED) is 0.901. The van der Waals surface area contributed by atoms with Gasteiger partial charge in [-0.2, -0.15) is 0 Å². The summed E-state index contributed by atoms with van der Waals surface area (Å²) in [4.78, 5) is 11.0. The van der Waals surface area contributed by atoms with Crippen molar-refractivity contribution in [1.82, 2.24) is 0 Å². The van der Waals surface area contributed by atoms with E-state index in [2.05, 4.69) is 22.0 Å². The Morgan fingerprint density at radius 1 is 1.56 bits per heavy atom. The molecule has 0 spiro atoms. The molecule has 0 aliphatic heterocycles. The fraction of sp³-hybridized carbons (Fsp3) is 0.500. The lowest BCUT2D eigenvalue weighted by Gasteiger charge is -2.17. The van der Waals surface area contributed by atoms with Gasteiger partial charge in [-0.1, -0.05) is 6.07 Å². The van der Waals surface area contributed by atoms with E-state index in [0.29, 0.717) is 5.92 Å². The highest BCUT2D eigenvalue weighted by atomic mass is 79.9. The van der Waals surface area contributed by atoms with Crippen LogP contribution in [0.3, 0.4) is 0 Å². The Labute approximate surface area is 115 Å². The third-order valence-electron chi connectivity index (χ3n) is 3.47. The zero-order valence-electron chi connectivity index (χ0n) is 10.6. The van der Waals surface area contributed by atoms with E-state index >= 15 is 0 Å². The molecule has 0 bridgehead atoms. The molecule has 0 heterocycles. The van der Waals surface area contributed by atoms with Crippen LogP contribution < -0.4 is 4.74 Å². The second-order valence-electron chi connectivity index (χ2n) is 4.89. The number of carboxylic acids is 1. The Bertz CT molecular complexity index is 443. The van der Waals surface area contributed by atoms with Crippen molar-refractivity contribution in [3.63, 3.8) is 0 Å². The minimum Gasteiger partial charge on any atom is -0.495 e. The zero-order valence-corrected chi connectivity index (χ0v) is 12.2. The minimum atomic E-state index is -0.725. The molecule has 18 heavy (non-hydrogen) atoms. The number of aliphatic carboxylic acids is 1. The maximum atomic E-state index is 11.0. The monoisotopic (exact) mass is 312 g/mol. The number of benzene rings is 1. The fourth-order valence-corrected chi connectivity index (χ4v) is 3.21. The van der Waals surface area contributed by atoms with E-state index < -0.39 is 5.97 Å². The first-order valence-corrected chi connectivity index (χ1v) is 6.88. The number of methoxy groups -OCH3 is 1. The molecule has 1 aliphatic rings. The van der Waals surface area contributed by atoms with Crippen LogP contribution in [0.4, 0.5) is 0 Å². The molecule has 1 aliphatic carbocycles. The van der Waals surface area contributed by atoms with Crippen LogP contribution in [-0.4, -0.2) is 18.2 Å². The van der Waals surface area contributed by atoms with Crippen molar-refractivity contribution in [2.75, 3.05) is 7.11 Å². The Balaban J connectivity index is 2.33. The highest BCUT2D eigenvalue weighted by Crippen LogP contribution is 2.46. The van der Waals surface area contributed by atoms with Gasteiger partial charge >= 0.3 is 5.97 Å². The number of ether oxygens (including phenoxy) is 1. The van der Waals surface area contributed by atoms with Gasteiger partial charge in [0.1, 0.15) is 5.75 Å². The molecule has 1 unspecified atom stereocenters. The molecular weight excluding hydrogens is 296 g/mol. The summed E-state index contributed by atoms with van der Waals surface area (Å²) in [6, 6.07) is 4.05. The van der Waals surface area contributed by atoms with Gasteiger partial charge in [-0.05, 0) is 64.7 Å². The van der Waals surface area contributed by atoms with Crippen molar-refractivity contribution >= 4 is 21.9 Å². The predicted octanol–water partition coefficient (Wildman–Crippen LogP) is 3.73. The van der Waals surface area contributed by atoms with Crippen LogP contribution in [-0.2, 0) is 4.79 Å². The molecule has 1 saturated carbocycles. The summed E-state index contributed by atoms with van der Waals surface area (Å²) in [5, 5.41) is 9.02. The molecule has 1 N–H and O–H groups in total. The SMILES string of the molecule is COc1c(C)cc(C(CC(=O)O)C2CC2)cc1Br. The largest absolute Gasteiger partial charge is 0.495 e. The molecular formula is C14H17BrO3. The lowest BCUT2D eigenvalue weighted by atomic mass is 9.90. The Kier molecular flexibility index (Phi) is 3.95. The van der Waals surface area contributed by atoms with Crippen molar-refractivity contribution in [2.45, 2.75) is 32.1 Å². The van der Waals surface area contributed by atoms with Gasteiger partial charge in [0.15, 0.2) is 0 Å². The van der Waals surface area contributed by atoms with E-state index in [1.165, 1.54) is 0 Å². The van der Waals surface area contributed by atoms with E-state index in [1.54, 1.807) is 7.11 Å².